The summed E-state index contributed by atoms with van der Waals surface area (Å²) in [5, 5.41) is 6.66. The molecule has 3 heteroatoms. The van der Waals surface area contributed by atoms with Crippen LogP contribution in [0.3, 0.4) is 0 Å². The lowest BCUT2D eigenvalue weighted by atomic mass is 10.1. The third-order valence-electron chi connectivity index (χ3n) is 3.03. The molecule has 0 bridgehead atoms. The average molecular weight is 325 g/mol. The van der Waals surface area contributed by atoms with Crippen molar-refractivity contribution in [1.29, 1.82) is 0 Å². The molecule has 20 heavy (non-hydrogen) atoms. The Balaban J connectivity index is 1.81. The molecule has 0 heterocycles. The Bertz CT molecular complexity index is 751. The molecular weight excluding hydrogens is 312 g/mol. The SMILES string of the molecule is Brc1cccc2cc(C=NNc3ccccc3)ccc12. The quantitative estimate of drug-likeness (QED) is 0.529. The van der Waals surface area contributed by atoms with Crippen LogP contribution in [-0.4, -0.2) is 6.21 Å². The number of hydrogen-bond acceptors (Lipinski definition) is 2. The third-order valence-corrected chi connectivity index (χ3v) is 3.72. The molecule has 0 aliphatic rings. The summed E-state index contributed by atoms with van der Waals surface area (Å²) in [5.41, 5.74) is 5.06. The molecule has 98 valence electrons. The lowest BCUT2D eigenvalue weighted by Crippen LogP contribution is -1.90. The molecule has 2 nitrogen and oxygen atoms in total. The van der Waals surface area contributed by atoms with Crippen LogP contribution in [0.25, 0.3) is 10.8 Å². The molecule has 3 aromatic carbocycles. The summed E-state index contributed by atoms with van der Waals surface area (Å²) < 4.78 is 1.11. The predicted octanol–water partition coefficient (Wildman–Crippen LogP) is 5.05. The molecular formula is C17H13BrN2. The second kappa shape index (κ2) is 5.88. The van der Waals surface area contributed by atoms with Gasteiger partial charge in [-0.25, -0.2) is 0 Å². The number of fused-ring (bicyclic) bond motifs is 1. The van der Waals surface area contributed by atoms with E-state index in [0.29, 0.717) is 0 Å². The Morgan fingerprint density at radius 1 is 0.900 bits per heavy atom. The van der Waals surface area contributed by atoms with Crippen molar-refractivity contribution in [2.75, 3.05) is 5.43 Å². The van der Waals surface area contributed by atoms with Gasteiger partial charge in [-0.1, -0.05) is 58.4 Å². The van der Waals surface area contributed by atoms with Crippen molar-refractivity contribution < 1.29 is 0 Å². The molecule has 0 amide bonds. The fourth-order valence-corrected chi connectivity index (χ4v) is 2.55. The number of halogens is 1. The maximum atomic E-state index is 4.25. The maximum Gasteiger partial charge on any atom is 0.0561 e. The molecule has 0 aliphatic heterocycles. The van der Waals surface area contributed by atoms with Crippen LogP contribution in [0.5, 0.6) is 0 Å². The molecule has 0 fully saturated rings. The number of nitrogens with one attached hydrogen (secondary N) is 1. The number of rotatable bonds is 3. The highest BCUT2D eigenvalue weighted by Crippen LogP contribution is 2.24. The van der Waals surface area contributed by atoms with Gasteiger partial charge in [0.15, 0.2) is 0 Å². The summed E-state index contributed by atoms with van der Waals surface area (Å²) >= 11 is 3.56. The van der Waals surface area contributed by atoms with Crippen LogP contribution < -0.4 is 5.43 Å². The van der Waals surface area contributed by atoms with Gasteiger partial charge >= 0.3 is 0 Å². The summed E-state index contributed by atoms with van der Waals surface area (Å²) in [6.07, 6.45) is 1.83. The van der Waals surface area contributed by atoms with Gasteiger partial charge in [0, 0.05) is 4.47 Å². The van der Waals surface area contributed by atoms with E-state index in [1.807, 2.05) is 48.7 Å². The van der Waals surface area contributed by atoms with Crippen LogP contribution in [0, 0.1) is 0 Å². The van der Waals surface area contributed by atoms with Crippen LogP contribution in [0.1, 0.15) is 5.56 Å². The molecule has 0 saturated heterocycles. The molecule has 0 atom stereocenters. The average Bonchev–Trinajstić information content (AvgIpc) is 2.48. The molecule has 0 spiro atoms. The second-order valence-electron chi connectivity index (χ2n) is 4.46. The highest BCUT2D eigenvalue weighted by Gasteiger charge is 1.98. The van der Waals surface area contributed by atoms with Gasteiger partial charge in [-0.05, 0) is 40.6 Å². The van der Waals surface area contributed by atoms with Crippen LogP contribution in [0.15, 0.2) is 76.3 Å². The first-order valence-corrected chi connectivity index (χ1v) is 7.15. The monoisotopic (exact) mass is 324 g/mol. The molecule has 0 aromatic heterocycles. The zero-order chi connectivity index (χ0) is 13.8. The van der Waals surface area contributed by atoms with E-state index >= 15 is 0 Å². The fraction of sp³-hybridized carbons (Fsp3) is 0. The molecule has 0 unspecified atom stereocenters. The van der Waals surface area contributed by atoms with E-state index in [4.69, 9.17) is 0 Å². The van der Waals surface area contributed by atoms with Gasteiger partial charge in [0.2, 0.25) is 0 Å². The smallest absolute Gasteiger partial charge is 0.0561 e. The molecule has 1 N–H and O–H groups in total. The van der Waals surface area contributed by atoms with E-state index in [-0.39, 0.29) is 0 Å². The zero-order valence-electron chi connectivity index (χ0n) is 10.8. The molecule has 0 aliphatic carbocycles. The van der Waals surface area contributed by atoms with Crippen molar-refractivity contribution in [2.45, 2.75) is 0 Å². The Morgan fingerprint density at radius 2 is 1.75 bits per heavy atom. The maximum absolute atomic E-state index is 4.25. The number of nitrogens with zero attached hydrogens (tertiary/aromatic N) is 1. The summed E-state index contributed by atoms with van der Waals surface area (Å²) in [4.78, 5) is 0. The first-order chi connectivity index (χ1) is 9.83. The Hall–Kier alpha value is -2.13. The zero-order valence-corrected chi connectivity index (χ0v) is 12.3. The van der Waals surface area contributed by atoms with Crippen molar-refractivity contribution >= 4 is 38.6 Å². The van der Waals surface area contributed by atoms with E-state index in [1.165, 1.54) is 10.8 Å². The van der Waals surface area contributed by atoms with E-state index in [0.717, 1.165) is 15.7 Å². The van der Waals surface area contributed by atoms with Crippen molar-refractivity contribution in [2.24, 2.45) is 5.10 Å². The topological polar surface area (TPSA) is 24.4 Å². The predicted molar refractivity (Wildman–Crippen MR) is 89.3 cm³/mol. The van der Waals surface area contributed by atoms with E-state index < -0.39 is 0 Å². The second-order valence-corrected chi connectivity index (χ2v) is 5.31. The minimum Gasteiger partial charge on any atom is -0.279 e. The van der Waals surface area contributed by atoms with Crippen LogP contribution in [0.2, 0.25) is 0 Å². The first-order valence-electron chi connectivity index (χ1n) is 6.35. The van der Waals surface area contributed by atoms with E-state index in [2.05, 4.69) is 50.7 Å². The van der Waals surface area contributed by atoms with Gasteiger partial charge in [-0.15, -0.1) is 0 Å². The van der Waals surface area contributed by atoms with Gasteiger partial charge in [0.25, 0.3) is 0 Å². The molecule has 0 radical (unpaired) electrons. The summed E-state index contributed by atoms with van der Waals surface area (Å²) in [5.74, 6) is 0. The Morgan fingerprint density at radius 3 is 2.60 bits per heavy atom. The Kier molecular flexibility index (Phi) is 3.79. The van der Waals surface area contributed by atoms with Crippen molar-refractivity contribution in [3.05, 3.63) is 76.8 Å². The van der Waals surface area contributed by atoms with Gasteiger partial charge in [-0.2, -0.15) is 5.10 Å². The third kappa shape index (κ3) is 2.89. The number of hydrogen-bond donors (Lipinski definition) is 1. The molecule has 3 aromatic rings. The standard InChI is InChI=1S/C17H13BrN2/c18-17-8-4-5-14-11-13(9-10-16(14)17)12-19-20-15-6-2-1-3-7-15/h1-12,20H. The van der Waals surface area contributed by atoms with Gasteiger partial charge < -0.3 is 0 Å². The van der Waals surface area contributed by atoms with Gasteiger partial charge in [0.05, 0.1) is 11.9 Å². The van der Waals surface area contributed by atoms with E-state index in [9.17, 15) is 0 Å². The minimum atomic E-state index is 0.979. The number of benzene rings is 3. The lowest BCUT2D eigenvalue weighted by Gasteiger charge is -2.02. The minimum absolute atomic E-state index is 0.979. The highest BCUT2D eigenvalue weighted by molar-refractivity contribution is 9.10. The van der Waals surface area contributed by atoms with Gasteiger partial charge in [0.1, 0.15) is 0 Å². The van der Waals surface area contributed by atoms with E-state index in [1.54, 1.807) is 0 Å². The summed E-state index contributed by atoms with van der Waals surface area (Å²) in [6.45, 7) is 0. The van der Waals surface area contributed by atoms with Crippen LogP contribution in [0.4, 0.5) is 5.69 Å². The van der Waals surface area contributed by atoms with Crippen LogP contribution in [-0.2, 0) is 0 Å². The number of para-hydroxylation sites is 1. The first kappa shape index (κ1) is 12.9. The number of anilines is 1. The Labute approximate surface area is 126 Å². The summed E-state index contributed by atoms with van der Waals surface area (Å²) in [7, 11) is 0. The van der Waals surface area contributed by atoms with Crippen LogP contribution >= 0.6 is 15.9 Å². The van der Waals surface area contributed by atoms with Crippen molar-refractivity contribution in [1.82, 2.24) is 0 Å². The highest BCUT2D eigenvalue weighted by atomic mass is 79.9. The normalized spacial score (nSPS) is 11.1. The lowest BCUT2D eigenvalue weighted by molar-refractivity contribution is 1.35. The molecule has 3 rings (SSSR count). The van der Waals surface area contributed by atoms with Crippen molar-refractivity contribution in [3.63, 3.8) is 0 Å². The summed E-state index contributed by atoms with van der Waals surface area (Å²) in [6, 6.07) is 22.4. The van der Waals surface area contributed by atoms with Gasteiger partial charge in [-0.3, -0.25) is 5.43 Å². The largest absolute Gasteiger partial charge is 0.279 e. The molecule has 0 saturated carbocycles. The number of hydrazone groups is 1. The van der Waals surface area contributed by atoms with Crippen molar-refractivity contribution in [3.8, 4) is 0 Å². The fourth-order valence-electron chi connectivity index (χ4n) is 2.04.